The van der Waals surface area contributed by atoms with Gasteiger partial charge in [0.25, 0.3) is 5.91 Å². The molecule has 1 aliphatic rings. The van der Waals surface area contributed by atoms with Gasteiger partial charge in [-0.2, -0.15) is 0 Å². The van der Waals surface area contributed by atoms with Crippen molar-refractivity contribution in [3.8, 4) is 5.75 Å². The standard InChI is InChI=1S/C20H23ClN2O4S/c1-12-5-7-14-17(11-20(2,3)27-18(14)9-12)22-19(24)15-10-13(6-8-16(15)21)23-28(4,25)26/h5-10,17,23H,11H2,1-4H3,(H,22,24). The number of anilines is 1. The van der Waals surface area contributed by atoms with Crippen molar-refractivity contribution >= 4 is 33.2 Å². The minimum absolute atomic E-state index is 0.202. The maximum atomic E-state index is 12.9. The predicted octanol–water partition coefficient (Wildman–Crippen LogP) is 4.05. The number of nitrogens with one attached hydrogen (secondary N) is 2. The number of aryl methyl sites for hydroxylation is 1. The molecule has 0 bridgehead atoms. The molecule has 6 nitrogen and oxygen atoms in total. The Labute approximate surface area is 170 Å². The van der Waals surface area contributed by atoms with Crippen molar-refractivity contribution in [1.82, 2.24) is 5.32 Å². The molecule has 0 aliphatic carbocycles. The summed E-state index contributed by atoms with van der Waals surface area (Å²) < 4.78 is 31.3. The molecule has 1 unspecified atom stereocenters. The minimum Gasteiger partial charge on any atom is -0.487 e. The van der Waals surface area contributed by atoms with Crippen LogP contribution in [0.25, 0.3) is 0 Å². The molecule has 1 heterocycles. The van der Waals surface area contributed by atoms with Crippen molar-refractivity contribution in [3.05, 3.63) is 58.1 Å². The molecule has 28 heavy (non-hydrogen) atoms. The molecule has 1 aliphatic heterocycles. The van der Waals surface area contributed by atoms with Crippen molar-refractivity contribution in [2.24, 2.45) is 0 Å². The van der Waals surface area contributed by atoms with Gasteiger partial charge in [0.2, 0.25) is 10.0 Å². The molecule has 0 aromatic heterocycles. The van der Waals surface area contributed by atoms with E-state index in [2.05, 4.69) is 10.0 Å². The molecule has 2 N–H and O–H groups in total. The molecule has 1 atom stereocenters. The van der Waals surface area contributed by atoms with Gasteiger partial charge >= 0.3 is 0 Å². The van der Waals surface area contributed by atoms with Crippen LogP contribution in [0.3, 0.4) is 0 Å². The number of carbonyl (C=O) groups is 1. The van der Waals surface area contributed by atoms with E-state index in [-0.39, 0.29) is 28.2 Å². The van der Waals surface area contributed by atoms with Crippen LogP contribution in [0.1, 0.15) is 47.8 Å². The van der Waals surface area contributed by atoms with Gasteiger partial charge in [-0.05, 0) is 50.6 Å². The highest BCUT2D eigenvalue weighted by molar-refractivity contribution is 7.92. The molecule has 2 aromatic carbocycles. The van der Waals surface area contributed by atoms with Gasteiger partial charge in [0.05, 0.1) is 22.9 Å². The average Bonchev–Trinajstić information content (AvgIpc) is 2.53. The zero-order chi connectivity index (χ0) is 20.7. The topological polar surface area (TPSA) is 84.5 Å². The monoisotopic (exact) mass is 422 g/mol. The highest BCUT2D eigenvalue weighted by Crippen LogP contribution is 2.40. The Morgan fingerprint density at radius 2 is 1.93 bits per heavy atom. The lowest BCUT2D eigenvalue weighted by molar-refractivity contribution is 0.0619. The number of sulfonamides is 1. The van der Waals surface area contributed by atoms with Gasteiger partial charge in [-0.3, -0.25) is 9.52 Å². The summed E-state index contributed by atoms with van der Waals surface area (Å²) in [6, 6.07) is 10.1. The number of amides is 1. The van der Waals surface area contributed by atoms with Crippen LogP contribution in [0.5, 0.6) is 5.75 Å². The number of ether oxygens (including phenoxy) is 1. The molecule has 0 saturated carbocycles. The molecular weight excluding hydrogens is 400 g/mol. The van der Waals surface area contributed by atoms with Crippen LogP contribution in [0.2, 0.25) is 5.02 Å². The van der Waals surface area contributed by atoms with Crippen LogP contribution in [0, 0.1) is 6.92 Å². The molecule has 0 saturated heterocycles. The number of carbonyl (C=O) groups excluding carboxylic acids is 1. The molecule has 0 fully saturated rings. The van der Waals surface area contributed by atoms with Crippen LogP contribution >= 0.6 is 11.6 Å². The Morgan fingerprint density at radius 1 is 1.21 bits per heavy atom. The summed E-state index contributed by atoms with van der Waals surface area (Å²) in [7, 11) is -3.46. The van der Waals surface area contributed by atoms with E-state index in [9.17, 15) is 13.2 Å². The van der Waals surface area contributed by atoms with E-state index in [0.717, 1.165) is 23.1 Å². The summed E-state index contributed by atoms with van der Waals surface area (Å²) in [6.07, 6.45) is 1.64. The second-order valence-corrected chi connectivity index (χ2v) is 9.86. The first-order chi connectivity index (χ1) is 12.9. The van der Waals surface area contributed by atoms with E-state index >= 15 is 0 Å². The molecule has 150 valence electrons. The first kappa shape index (κ1) is 20.5. The highest BCUT2D eigenvalue weighted by Gasteiger charge is 2.35. The van der Waals surface area contributed by atoms with Gasteiger partial charge in [0.15, 0.2) is 0 Å². The van der Waals surface area contributed by atoms with Crippen LogP contribution in [0.15, 0.2) is 36.4 Å². The lowest BCUT2D eigenvalue weighted by Gasteiger charge is -2.38. The molecule has 3 rings (SSSR count). The smallest absolute Gasteiger partial charge is 0.253 e. The summed E-state index contributed by atoms with van der Waals surface area (Å²) in [6.45, 7) is 5.93. The second kappa shape index (κ2) is 7.29. The number of halogens is 1. The number of fused-ring (bicyclic) bond motifs is 1. The average molecular weight is 423 g/mol. The van der Waals surface area contributed by atoms with E-state index in [4.69, 9.17) is 16.3 Å². The first-order valence-corrected chi connectivity index (χ1v) is 11.1. The van der Waals surface area contributed by atoms with Crippen molar-refractivity contribution in [2.45, 2.75) is 38.8 Å². The van der Waals surface area contributed by atoms with Crippen molar-refractivity contribution in [2.75, 3.05) is 11.0 Å². The van der Waals surface area contributed by atoms with Crippen molar-refractivity contribution < 1.29 is 17.9 Å². The Kier molecular flexibility index (Phi) is 5.34. The number of benzene rings is 2. The summed E-state index contributed by atoms with van der Waals surface area (Å²) in [5, 5.41) is 3.26. The zero-order valence-electron chi connectivity index (χ0n) is 16.2. The Balaban J connectivity index is 1.90. The molecular formula is C20H23ClN2O4S. The minimum atomic E-state index is -3.46. The van der Waals surface area contributed by atoms with Crippen LogP contribution in [-0.4, -0.2) is 26.2 Å². The molecule has 0 spiro atoms. The Morgan fingerprint density at radius 3 is 2.61 bits per heavy atom. The summed E-state index contributed by atoms with van der Waals surface area (Å²) in [5.74, 6) is 0.372. The maximum absolute atomic E-state index is 12.9. The van der Waals surface area contributed by atoms with Gasteiger partial charge in [-0.15, -0.1) is 0 Å². The van der Waals surface area contributed by atoms with Gasteiger partial charge in [0, 0.05) is 17.7 Å². The Hall–Kier alpha value is -2.25. The fraction of sp³-hybridized carbons (Fsp3) is 0.350. The van der Waals surface area contributed by atoms with Crippen LogP contribution in [0.4, 0.5) is 5.69 Å². The van der Waals surface area contributed by atoms with Gasteiger partial charge in [-0.25, -0.2) is 8.42 Å². The van der Waals surface area contributed by atoms with Gasteiger partial charge in [-0.1, -0.05) is 23.7 Å². The van der Waals surface area contributed by atoms with E-state index < -0.39 is 15.6 Å². The fourth-order valence-corrected chi connectivity index (χ4v) is 4.06. The predicted molar refractivity (Wildman–Crippen MR) is 111 cm³/mol. The third-order valence-electron chi connectivity index (χ3n) is 4.45. The van der Waals surface area contributed by atoms with Crippen molar-refractivity contribution in [3.63, 3.8) is 0 Å². The van der Waals surface area contributed by atoms with E-state index in [1.165, 1.54) is 18.2 Å². The van der Waals surface area contributed by atoms with Crippen LogP contribution < -0.4 is 14.8 Å². The van der Waals surface area contributed by atoms with E-state index in [0.29, 0.717) is 6.42 Å². The molecule has 8 heteroatoms. The number of hydrogen-bond donors (Lipinski definition) is 2. The van der Waals surface area contributed by atoms with E-state index in [1.54, 1.807) is 0 Å². The summed E-state index contributed by atoms with van der Waals surface area (Å²) >= 11 is 6.19. The van der Waals surface area contributed by atoms with Gasteiger partial charge in [0.1, 0.15) is 11.4 Å². The number of rotatable bonds is 4. The molecule has 0 radical (unpaired) electrons. The first-order valence-electron chi connectivity index (χ1n) is 8.81. The normalized spacial score (nSPS) is 18.0. The third kappa shape index (κ3) is 4.77. The number of hydrogen-bond acceptors (Lipinski definition) is 4. The third-order valence-corrected chi connectivity index (χ3v) is 5.38. The van der Waals surface area contributed by atoms with Crippen molar-refractivity contribution in [1.29, 1.82) is 0 Å². The second-order valence-electron chi connectivity index (χ2n) is 7.70. The van der Waals surface area contributed by atoms with Gasteiger partial charge < -0.3 is 10.1 Å². The lowest BCUT2D eigenvalue weighted by atomic mass is 9.89. The maximum Gasteiger partial charge on any atom is 0.253 e. The van der Waals surface area contributed by atoms with Crippen LogP contribution in [-0.2, 0) is 10.0 Å². The van der Waals surface area contributed by atoms with E-state index in [1.807, 2.05) is 39.0 Å². The lowest BCUT2D eigenvalue weighted by Crippen LogP contribution is -2.41. The fourth-order valence-electron chi connectivity index (χ4n) is 3.30. The quantitative estimate of drug-likeness (QED) is 0.778. The molecule has 1 amide bonds. The molecule has 2 aromatic rings. The summed E-state index contributed by atoms with van der Waals surface area (Å²) in [4.78, 5) is 12.9. The zero-order valence-corrected chi connectivity index (χ0v) is 17.7. The largest absolute Gasteiger partial charge is 0.487 e. The Bertz CT molecular complexity index is 1030. The SMILES string of the molecule is Cc1ccc2c(c1)OC(C)(C)CC2NC(=O)c1cc(NS(C)(=O)=O)ccc1Cl. The highest BCUT2D eigenvalue weighted by atomic mass is 35.5. The summed E-state index contributed by atoms with van der Waals surface area (Å²) in [5.41, 5.74) is 2.01.